The van der Waals surface area contributed by atoms with Gasteiger partial charge in [0.25, 0.3) is 0 Å². The van der Waals surface area contributed by atoms with Gasteiger partial charge in [-0.3, -0.25) is 4.90 Å². The molecule has 0 spiro atoms. The van der Waals surface area contributed by atoms with Crippen molar-refractivity contribution in [2.24, 2.45) is 5.41 Å². The van der Waals surface area contributed by atoms with Gasteiger partial charge in [0.1, 0.15) is 0 Å². The third-order valence-corrected chi connectivity index (χ3v) is 4.42. The second kappa shape index (κ2) is 5.83. The Kier molecular flexibility index (Phi) is 4.18. The number of rotatable bonds is 6. The lowest BCUT2D eigenvalue weighted by Gasteiger charge is -2.43. The number of hydrogen-bond donors (Lipinski definition) is 1. The van der Waals surface area contributed by atoms with E-state index in [0.717, 1.165) is 37.1 Å². The Morgan fingerprint density at radius 1 is 1.18 bits per heavy atom. The van der Waals surface area contributed by atoms with Crippen molar-refractivity contribution in [3.8, 4) is 0 Å². The van der Waals surface area contributed by atoms with Crippen LogP contribution in [0.5, 0.6) is 0 Å². The molecule has 22 heavy (non-hydrogen) atoms. The molecule has 0 bridgehead atoms. The molecule has 1 saturated carbocycles. The summed E-state index contributed by atoms with van der Waals surface area (Å²) >= 11 is 0. The molecule has 0 radical (unpaired) electrons. The van der Waals surface area contributed by atoms with Crippen LogP contribution in [0.25, 0.3) is 0 Å². The van der Waals surface area contributed by atoms with Gasteiger partial charge in [-0.15, -0.1) is 0 Å². The lowest BCUT2D eigenvalue weighted by Crippen LogP contribution is -2.53. The zero-order valence-corrected chi connectivity index (χ0v) is 12.3. The fourth-order valence-electron chi connectivity index (χ4n) is 2.84. The standard InChI is InChI=1S/C16H20F3NO2/c17-16(18,19)13-3-1-12(2-4-13)7-20(14-5-6-14)8-15(9-21)10-22-11-15/h1-4,14,21H,5-11H2. The molecule has 1 aliphatic carbocycles. The number of aliphatic hydroxyl groups excluding tert-OH is 1. The number of aliphatic hydroxyl groups is 1. The summed E-state index contributed by atoms with van der Waals surface area (Å²) in [5.74, 6) is 0. The van der Waals surface area contributed by atoms with Crippen LogP contribution < -0.4 is 0 Å². The molecule has 0 atom stereocenters. The van der Waals surface area contributed by atoms with Gasteiger partial charge in [0, 0.05) is 19.1 Å². The van der Waals surface area contributed by atoms with Gasteiger partial charge in [-0.25, -0.2) is 0 Å². The van der Waals surface area contributed by atoms with E-state index in [2.05, 4.69) is 4.90 Å². The molecule has 1 saturated heterocycles. The Labute approximate surface area is 127 Å². The van der Waals surface area contributed by atoms with Crippen molar-refractivity contribution < 1.29 is 23.0 Å². The average molecular weight is 315 g/mol. The van der Waals surface area contributed by atoms with Crippen molar-refractivity contribution in [1.82, 2.24) is 4.90 Å². The van der Waals surface area contributed by atoms with Gasteiger partial charge >= 0.3 is 6.18 Å². The van der Waals surface area contributed by atoms with Crippen molar-refractivity contribution in [1.29, 1.82) is 0 Å². The molecule has 3 rings (SSSR count). The maximum absolute atomic E-state index is 12.6. The highest BCUT2D eigenvalue weighted by atomic mass is 19.4. The monoisotopic (exact) mass is 315 g/mol. The van der Waals surface area contributed by atoms with Crippen LogP contribution in [0.3, 0.4) is 0 Å². The first-order valence-electron chi connectivity index (χ1n) is 7.51. The second-order valence-corrected chi connectivity index (χ2v) is 6.48. The fourth-order valence-corrected chi connectivity index (χ4v) is 2.84. The van der Waals surface area contributed by atoms with E-state index in [4.69, 9.17) is 4.74 Å². The predicted molar refractivity (Wildman–Crippen MR) is 75.2 cm³/mol. The van der Waals surface area contributed by atoms with E-state index in [1.54, 1.807) is 12.1 Å². The highest BCUT2D eigenvalue weighted by Crippen LogP contribution is 2.35. The van der Waals surface area contributed by atoms with Gasteiger partial charge in [0.15, 0.2) is 0 Å². The number of hydrogen-bond acceptors (Lipinski definition) is 3. The smallest absolute Gasteiger partial charge is 0.396 e. The van der Waals surface area contributed by atoms with Crippen LogP contribution in [0, 0.1) is 5.41 Å². The van der Waals surface area contributed by atoms with E-state index < -0.39 is 11.7 Å². The van der Waals surface area contributed by atoms with Crippen molar-refractivity contribution in [2.75, 3.05) is 26.4 Å². The van der Waals surface area contributed by atoms with E-state index in [1.807, 2.05) is 0 Å². The summed E-state index contributed by atoms with van der Waals surface area (Å²) in [4.78, 5) is 2.27. The van der Waals surface area contributed by atoms with Gasteiger partial charge in [-0.2, -0.15) is 13.2 Å². The zero-order valence-electron chi connectivity index (χ0n) is 12.3. The SMILES string of the molecule is OCC1(CN(Cc2ccc(C(F)(F)F)cc2)C2CC2)COC1. The molecule has 1 aromatic rings. The number of benzene rings is 1. The molecule has 1 aliphatic heterocycles. The second-order valence-electron chi connectivity index (χ2n) is 6.48. The average Bonchev–Trinajstić information content (AvgIpc) is 3.25. The highest BCUT2D eigenvalue weighted by molar-refractivity contribution is 5.24. The van der Waals surface area contributed by atoms with Crippen molar-refractivity contribution in [3.05, 3.63) is 35.4 Å². The molecule has 2 fully saturated rings. The van der Waals surface area contributed by atoms with Gasteiger partial charge in [-0.05, 0) is 30.5 Å². The number of alkyl halides is 3. The number of halogens is 3. The van der Waals surface area contributed by atoms with E-state index in [1.165, 1.54) is 0 Å². The van der Waals surface area contributed by atoms with E-state index in [-0.39, 0.29) is 12.0 Å². The number of ether oxygens (including phenoxy) is 1. The largest absolute Gasteiger partial charge is 0.416 e. The molecule has 122 valence electrons. The molecule has 0 amide bonds. The minimum absolute atomic E-state index is 0.0865. The molecular weight excluding hydrogens is 295 g/mol. The first-order chi connectivity index (χ1) is 10.4. The quantitative estimate of drug-likeness (QED) is 0.876. The lowest BCUT2D eigenvalue weighted by atomic mass is 9.86. The van der Waals surface area contributed by atoms with Crippen LogP contribution >= 0.6 is 0 Å². The third kappa shape index (κ3) is 3.45. The predicted octanol–water partition coefficient (Wildman–Crippen LogP) is 2.68. The molecule has 1 aromatic carbocycles. The van der Waals surface area contributed by atoms with Gasteiger partial charge < -0.3 is 9.84 Å². The van der Waals surface area contributed by atoms with Gasteiger partial charge in [0.2, 0.25) is 0 Å². The number of nitrogens with zero attached hydrogens (tertiary/aromatic N) is 1. The minimum Gasteiger partial charge on any atom is -0.396 e. The Morgan fingerprint density at radius 2 is 1.82 bits per heavy atom. The topological polar surface area (TPSA) is 32.7 Å². The Morgan fingerprint density at radius 3 is 2.23 bits per heavy atom. The summed E-state index contributed by atoms with van der Waals surface area (Å²) in [6.45, 7) is 2.54. The summed E-state index contributed by atoms with van der Waals surface area (Å²) in [5.41, 5.74) is 0.0517. The highest BCUT2D eigenvalue weighted by Gasteiger charge is 2.42. The van der Waals surface area contributed by atoms with Crippen molar-refractivity contribution in [3.63, 3.8) is 0 Å². The molecule has 0 aromatic heterocycles. The van der Waals surface area contributed by atoms with Gasteiger partial charge in [-0.1, -0.05) is 12.1 Å². The molecular formula is C16H20F3NO2. The molecule has 0 unspecified atom stereocenters. The van der Waals surface area contributed by atoms with Crippen LogP contribution in [0.1, 0.15) is 24.0 Å². The Bertz CT molecular complexity index is 502. The van der Waals surface area contributed by atoms with Gasteiger partial charge in [0.05, 0.1) is 30.8 Å². The normalized spacial score (nSPS) is 21.0. The van der Waals surface area contributed by atoms with E-state index in [0.29, 0.717) is 25.8 Å². The molecule has 1 N–H and O–H groups in total. The minimum atomic E-state index is -4.29. The summed E-state index contributed by atoms with van der Waals surface area (Å²) in [6.07, 6.45) is -2.06. The van der Waals surface area contributed by atoms with Crippen LogP contribution in [0.4, 0.5) is 13.2 Å². The van der Waals surface area contributed by atoms with Crippen molar-refractivity contribution >= 4 is 0 Å². The molecule has 6 heteroatoms. The van der Waals surface area contributed by atoms with Crippen LogP contribution in [0.15, 0.2) is 24.3 Å². The maximum Gasteiger partial charge on any atom is 0.416 e. The van der Waals surface area contributed by atoms with Crippen LogP contribution in [0.2, 0.25) is 0 Å². The Balaban J connectivity index is 1.66. The molecule has 3 nitrogen and oxygen atoms in total. The first-order valence-corrected chi connectivity index (χ1v) is 7.51. The summed E-state index contributed by atoms with van der Waals surface area (Å²) in [5, 5.41) is 9.55. The molecule has 1 heterocycles. The molecule has 2 aliphatic rings. The fraction of sp³-hybridized carbons (Fsp3) is 0.625. The van der Waals surface area contributed by atoms with Crippen LogP contribution in [-0.2, 0) is 17.5 Å². The van der Waals surface area contributed by atoms with E-state index >= 15 is 0 Å². The summed E-state index contributed by atoms with van der Waals surface area (Å²) < 4.78 is 43.0. The first kappa shape index (κ1) is 15.8. The third-order valence-electron chi connectivity index (χ3n) is 4.42. The summed E-state index contributed by atoms with van der Waals surface area (Å²) in [7, 11) is 0. The maximum atomic E-state index is 12.6. The van der Waals surface area contributed by atoms with Crippen LogP contribution in [-0.4, -0.2) is 42.4 Å². The van der Waals surface area contributed by atoms with E-state index in [9.17, 15) is 18.3 Å². The van der Waals surface area contributed by atoms with Crippen molar-refractivity contribution in [2.45, 2.75) is 31.6 Å². The zero-order chi connectivity index (χ0) is 15.8. The summed E-state index contributed by atoms with van der Waals surface area (Å²) in [6, 6.07) is 5.83. The lowest BCUT2D eigenvalue weighted by molar-refractivity contribution is -0.150. The Hall–Kier alpha value is -1.11.